The maximum atomic E-state index is 13.8. The van der Waals surface area contributed by atoms with Gasteiger partial charge in [0, 0.05) is 0 Å². The smallest absolute Gasteiger partial charge is 0.331 e. The van der Waals surface area contributed by atoms with Crippen molar-refractivity contribution < 1.29 is 79.4 Å². The number of aliphatic hydroxyl groups excluding tert-OH is 2. The third-order valence-electron chi connectivity index (χ3n) is 10.3. The Morgan fingerprint density at radius 1 is 0.537 bits per heavy atom. The maximum absolute atomic E-state index is 13.8. The van der Waals surface area contributed by atoms with Crippen molar-refractivity contribution in [2.45, 2.75) is 25.3 Å². The zero-order valence-electron chi connectivity index (χ0n) is 30.6. The Morgan fingerprint density at radius 3 is 1.39 bits per heavy atom. The fraction of sp³-hybridized carbons (Fsp3) is 0.400. The van der Waals surface area contributed by atoms with E-state index < -0.39 is 23.5 Å². The van der Waals surface area contributed by atoms with Gasteiger partial charge in [-0.1, -0.05) is 84.9 Å². The van der Waals surface area contributed by atoms with Crippen molar-refractivity contribution in [2.75, 3.05) is 78.5 Å². The molecule has 296 valence electrons. The quantitative estimate of drug-likeness (QED) is 0.0762. The average Bonchev–Trinajstić information content (AvgIpc) is 3.14. The van der Waals surface area contributed by atoms with Crippen LogP contribution in [0.15, 0.2) is 107 Å². The van der Waals surface area contributed by atoms with Gasteiger partial charge in [0.25, 0.3) is 5.56 Å². The van der Waals surface area contributed by atoms with Crippen molar-refractivity contribution in [3.8, 4) is 0 Å². The minimum atomic E-state index is -0.833. The van der Waals surface area contributed by atoms with Gasteiger partial charge >= 0.3 is 5.69 Å². The van der Waals surface area contributed by atoms with Crippen LogP contribution in [0.5, 0.6) is 0 Å². The summed E-state index contributed by atoms with van der Waals surface area (Å²) in [6, 6.07) is 27.7. The van der Waals surface area contributed by atoms with E-state index in [1.54, 1.807) is 18.2 Å². The van der Waals surface area contributed by atoms with Crippen LogP contribution in [0.1, 0.15) is 11.1 Å². The molecule has 6 rings (SSSR count). The molecule has 2 fully saturated rings. The Balaban J connectivity index is 0.00000252. The average molecular weight is 825 g/mol. The molecule has 2 atom stereocenters. The number of benzene rings is 3. The number of nitrogens with one attached hydrogen (secondary N) is 4. The SMILES string of the molecule is O=c1c2ccccc2n(CC(O)C[NH+]2CC[NH+](CC=Cc3ccccc3)CC2)c(=O)n1CC(O)C[NH+]1CC[NH+](CC=Cc2ccccc2)CC1.[Cl-].[Cl-].[Cl-].[Cl-]. The molecule has 2 saturated heterocycles. The summed E-state index contributed by atoms with van der Waals surface area (Å²) in [5, 5.41) is 22.8. The molecule has 54 heavy (non-hydrogen) atoms. The van der Waals surface area contributed by atoms with Gasteiger partial charge in [-0.05, 0) is 35.4 Å². The van der Waals surface area contributed by atoms with Gasteiger partial charge in [-0.2, -0.15) is 0 Å². The molecule has 0 amide bonds. The van der Waals surface area contributed by atoms with E-state index in [0.29, 0.717) is 24.0 Å². The Morgan fingerprint density at radius 2 is 0.926 bits per heavy atom. The van der Waals surface area contributed by atoms with Crippen LogP contribution in [0.4, 0.5) is 0 Å². The third-order valence-corrected chi connectivity index (χ3v) is 10.3. The number of aliphatic hydroxyl groups is 2. The Labute approximate surface area is 343 Å². The molecular formula is C40H54Cl4N6O4. The number of piperazine rings is 2. The second-order valence-corrected chi connectivity index (χ2v) is 14.1. The van der Waals surface area contributed by atoms with Crippen molar-refractivity contribution in [2.24, 2.45) is 0 Å². The zero-order chi connectivity index (χ0) is 34.7. The van der Waals surface area contributed by atoms with Crippen LogP contribution in [0.25, 0.3) is 23.1 Å². The lowest BCUT2D eigenvalue weighted by atomic mass is 10.2. The standard InChI is InChI=1S/C40H50N6O4.4ClH/c47-35(29-43-25-21-41(22-26-43)19-9-15-33-11-3-1-4-12-33)31-45-38-18-8-7-17-37(38)39(49)46(40(45)50)32-36(48)30-44-27-23-42(24-28-44)20-10-16-34-13-5-2-6-14-34;;;;/h1-18,35-36,47-48H,19-32H2;4*1H. The summed E-state index contributed by atoms with van der Waals surface area (Å²) in [4.78, 5) is 33.0. The van der Waals surface area contributed by atoms with Gasteiger partial charge in [0.15, 0.2) is 0 Å². The number of para-hydroxylation sites is 1. The molecule has 0 aliphatic carbocycles. The third kappa shape index (κ3) is 13.3. The molecule has 2 aliphatic heterocycles. The number of halogens is 4. The first-order valence-electron chi connectivity index (χ1n) is 18.3. The van der Waals surface area contributed by atoms with E-state index in [2.05, 4.69) is 48.6 Å². The highest BCUT2D eigenvalue weighted by atomic mass is 35.5. The van der Waals surface area contributed by atoms with Gasteiger partial charge in [-0.15, -0.1) is 0 Å². The molecule has 0 radical (unpaired) electrons. The van der Waals surface area contributed by atoms with E-state index in [1.807, 2.05) is 42.5 Å². The molecule has 2 unspecified atom stereocenters. The second kappa shape index (κ2) is 23.8. The molecule has 14 heteroatoms. The minimum absolute atomic E-state index is 0. The topological polar surface area (TPSA) is 102 Å². The second-order valence-electron chi connectivity index (χ2n) is 14.1. The van der Waals surface area contributed by atoms with Crippen LogP contribution < -0.4 is 80.5 Å². The lowest BCUT2D eigenvalue weighted by Crippen LogP contribution is -3.28. The highest BCUT2D eigenvalue weighted by Gasteiger charge is 2.27. The van der Waals surface area contributed by atoms with Crippen molar-refractivity contribution in [1.29, 1.82) is 0 Å². The van der Waals surface area contributed by atoms with E-state index in [4.69, 9.17) is 0 Å². The number of aromatic nitrogens is 2. The predicted molar refractivity (Wildman–Crippen MR) is 198 cm³/mol. The minimum Gasteiger partial charge on any atom is -1.00 e. The van der Waals surface area contributed by atoms with E-state index in [0.717, 1.165) is 65.4 Å². The van der Waals surface area contributed by atoms with E-state index in [9.17, 15) is 19.8 Å². The molecule has 3 aromatic carbocycles. The molecule has 10 nitrogen and oxygen atoms in total. The van der Waals surface area contributed by atoms with Crippen LogP contribution >= 0.6 is 0 Å². The molecule has 6 N–H and O–H groups in total. The highest BCUT2D eigenvalue weighted by molar-refractivity contribution is 5.77. The molecule has 4 aromatic rings. The molecule has 1 aromatic heterocycles. The van der Waals surface area contributed by atoms with Gasteiger partial charge in [0.2, 0.25) is 0 Å². The Kier molecular flexibility index (Phi) is 20.8. The van der Waals surface area contributed by atoms with Gasteiger partial charge in [-0.3, -0.25) is 13.9 Å². The van der Waals surface area contributed by atoms with Crippen LogP contribution in [0, 0.1) is 0 Å². The normalized spacial score (nSPS) is 21.0. The van der Waals surface area contributed by atoms with E-state index in [-0.39, 0.29) is 62.7 Å². The molecule has 3 heterocycles. The predicted octanol–water partition coefficient (Wildman–Crippen LogP) is -15.1. The van der Waals surface area contributed by atoms with Crippen LogP contribution in [-0.4, -0.2) is 110 Å². The molecule has 0 spiro atoms. The van der Waals surface area contributed by atoms with E-state index in [1.165, 1.54) is 39.9 Å². The van der Waals surface area contributed by atoms with Crippen LogP contribution in [-0.2, 0) is 13.1 Å². The summed E-state index contributed by atoms with van der Waals surface area (Å²) < 4.78 is 2.70. The lowest BCUT2D eigenvalue weighted by Gasteiger charge is -2.30. The van der Waals surface area contributed by atoms with Crippen molar-refractivity contribution in [1.82, 2.24) is 9.13 Å². The largest absolute Gasteiger partial charge is 1.00 e. The Bertz CT molecular complexity index is 1840. The number of hydrogen-bond donors (Lipinski definition) is 6. The fourth-order valence-electron chi connectivity index (χ4n) is 7.51. The summed E-state index contributed by atoms with van der Waals surface area (Å²) in [7, 11) is 0. The maximum Gasteiger partial charge on any atom is 0.331 e. The van der Waals surface area contributed by atoms with E-state index >= 15 is 0 Å². The molecule has 0 bridgehead atoms. The van der Waals surface area contributed by atoms with Crippen molar-refractivity contribution in [3.05, 3.63) is 129 Å². The number of hydrogen-bond acceptors (Lipinski definition) is 4. The monoisotopic (exact) mass is 822 g/mol. The van der Waals surface area contributed by atoms with Gasteiger partial charge in [0.1, 0.15) is 77.7 Å². The van der Waals surface area contributed by atoms with Gasteiger partial charge in [-0.25, -0.2) is 4.79 Å². The van der Waals surface area contributed by atoms with Crippen molar-refractivity contribution in [3.63, 3.8) is 0 Å². The van der Waals surface area contributed by atoms with Crippen molar-refractivity contribution >= 4 is 23.1 Å². The summed E-state index contributed by atoms with van der Waals surface area (Å²) in [5.41, 5.74) is 2.07. The lowest BCUT2D eigenvalue weighted by molar-refractivity contribution is -1.01. The Hall–Kier alpha value is -3.00. The first-order valence-corrected chi connectivity index (χ1v) is 18.3. The van der Waals surface area contributed by atoms with Crippen LogP contribution in [0.3, 0.4) is 0 Å². The molecular weight excluding hydrogens is 770 g/mol. The first-order chi connectivity index (χ1) is 24.4. The number of rotatable bonds is 14. The number of fused-ring (bicyclic) bond motifs is 1. The molecule has 0 saturated carbocycles. The summed E-state index contributed by atoms with van der Waals surface area (Å²) in [6.45, 7) is 10.8. The zero-order valence-corrected chi connectivity index (χ0v) is 33.6. The first kappa shape index (κ1) is 47.2. The van der Waals surface area contributed by atoms with Gasteiger partial charge in [0.05, 0.1) is 37.1 Å². The fourth-order valence-corrected chi connectivity index (χ4v) is 7.51. The summed E-state index contributed by atoms with van der Waals surface area (Å²) >= 11 is 0. The summed E-state index contributed by atoms with van der Waals surface area (Å²) in [6.07, 6.45) is 7.23. The highest BCUT2D eigenvalue weighted by Crippen LogP contribution is 2.08. The van der Waals surface area contributed by atoms with Gasteiger partial charge < -0.3 is 79.4 Å². The van der Waals surface area contributed by atoms with Crippen LogP contribution in [0.2, 0.25) is 0 Å². The number of nitrogens with zero attached hydrogens (tertiary/aromatic N) is 2. The summed E-state index contributed by atoms with van der Waals surface area (Å²) in [5.74, 6) is 0. The number of quaternary nitrogens is 4. The molecule has 2 aliphatic rings.